The maximum atomic E-state index is 12.6. The summed E-state index contributed by atoms with van der Waals surface area (Å²) in [6.07, 6.45) is 7.78. The summed E-state index contributed by atoms with van der Waals surface area (Å²) in [6.45, 7) is 8.73. The lowest BCUT2D eigenvalue weighted by Gasteiger charge is -2.32. The molecule has 3 rings (SSSR count). The fourth-order valence-corrected chi connectivity index (χ4v) is 4.48. The summed E-state index contributed by atoms with van der Waals surface area (Å²) in [5.74, 6) is 0.854. The molecule has 6 nitrogen and oxygen atoms in total. The molecule has 150 valence electrons. The molecule has 1 unspecified atom stereocenters. The van der Waals surface area contributed by atoms with Crippen molar-refractivity contribution in [2.24, 2.45) is 5.92 Å². The number of carbonyl (C=O) groups is 2. The number of nitrogens with one attached hydrogen (secondary N) is 2. The van der Waals surface area contributed by atoms with Gasteiger partial charge >= 0.3 is 0 Å². The number of aromatic nitrogens is 1. The van der Waals surface area contributed by atoms with Crippen molar-refractivity contribution in [2.45, 2.75) is 58.4 Å². The molecule has 0 saturated carbocycles. The van der Waals surface area contributed by atoms with Crippen LogP contribution < -0.4 is 5.32 Å². The summed E-state index contributed by atoms with van der Waals surface area (Å²) in [6, 6.07) is 2.38. The van der Waals surface area contributed by atoms with Crippen LogP contribution in [0, 0.1) is 12.8 Å². The number of likely N-dealkylation sites (N-methyl/N-ethyl adjacent to an activating group) is 1. The first kappa shape index (κ1) is 19.9. The third kappa shape index (κ3) is 5.12. The van der Waals surface area contributed by atoms with Crippen LogP contribution in [-0.2, 0) is 4.79 Å². The molecule has 3 heterocycles. The number of rotatable bonds is 7. The van der Waals surface area contributed by atoms with Crippen molar-refractivity contribution in [1.82, 2.24) is 20.1 Å². The van der Waals surface area contributed by atoms with Gasteiger partial charge in [-0.2, -0.15) is 0 Å². The van der Waals surface area contributed by atoms with E-state index < -0.39 is 0 Å². The van der Waals surface area contributed by atoms with Crippen LogP contribution in [0.3, 0.4) is 0 Å². The standard InChI is InChI=1S/C21H34N4O2/c1-3-24-12-4-5-18(24)15-23-20(26)7-6-17-9-13-25(14-10-17)21(27)19-8-11-22-16(19)2/h8,11,17-18,22H,3-7,9-10,12-15H2,1-2H3,(H,23,26). The molecular weight excluding hydrogens is 340 g/mol. The highest BCUT2D eigenvalue weighted by atomic mass is 16.2. The van der Waals surface area contributed by atoms with Gasteiger partial charge in [0.25, 0.3) is 5.91 Å². The zero-order chi connectivity index (χ0) is 19.2. The van der Waals surface area contributed by atoms with E-state index in [4.69, 9.17) is 0 Å². The molecule has 2 saturated heterocycles. The fraction of sp³-hybridized carbons (Fsp3) is 0.714. The van der Waals surface area contributed by atoms with Crippen LogP contribution in [0.4, 0.5) is 0 Å². The van der Waals surface area contributed by atoms with Gasteiger partial charge in [0.2, 0.25) is 5.91 Å². The van der Waals surface area contributed by atoms with Gasteiger partial charge in [-0.15, -0.1) is 0 Å². The Hall–Kier alpha value is -1.82. The van der Waals surface area contributed by atoms with Crippen LogP contribution in [0.5, 0.6) is 0 Å². The highest BCUT2D eigenvalue weighted by Crippen LogP contribution is 2.23. The maximum Gasteiger partial charge on any atom is 0.255 e. The summed E-state index contributed by atoms with van der Waals surface area (Å²) < 4.78 is 0. The van der Waals surface area contributed by atoms with Crippen LogP contribution in [0.1, 0.15) is 61.5 Å². The molecule has 0 bridgehead atoms. The Labute approximate surface area is 162 Å². The molecule has 2 N–H and O–H groups in total. The van der Waals surface area contributed by atoms with Gasteiger partial charge in [0.05, 0.1) is 5.56 Å². The quantitative estimate of drug-likeness (QED) is 0.771. The summed E-state index contributed by atoms with van der Waals surface area (Å²) in [5.41, 5.74) is 1.71. The zero-order valence-corrected chi connectivity index (χ0v) is 16.8. The minimum Gasteiger partial charge on any atom is -0.365 e. The van der Waals surface area contributed by atoms with E-state index in [0.29, 0.717) is 18.4 Å². The van der Waals surface area contributed by atoms with Crippen molar-refractivity contribution in [3.8, 4) is 0 Å². The monoisotopic (exact) mass is 374 g/mol. The Morgan fingerprint density at radius 1 is 1.22 bits per heavy atom. The molecule has 1 atom stereocenters. The second kappa shape index (κ2) is 9.40. The van der Waals surface area contributed by atoms with E-state index in [1.54, 1.807) is 0 Å². The zero-order valence-electron chi connectivity index (χ0n) is 16.8. The number of likely N-dealkylation sites (tertiary alicyclic amines) is 2. The van der Waals surface area contributed by atoms with E-state index in [2.05, 4.69) is 22.1 Å². The molecule has 0 aliphatic carbocycles. The Bertz CT molecular complexity index is 634. The van der Waals surface area contributed by atoms with E-state index in [-0.39, 0.29) is 11.8 Å². The lowest BCUT2D eigenvalue weighted by molar-refractivity contribution is -0.121. The minimum absolute atomic E-state index is 0.127. The number of hydrogen-bond donors (Lipinski definition) is 2. The molecule has 27 heavy (non-hydrogen) atoms. The van der Waals surface area contributed by atoms with Crippen LogP contribution in [-0.4, -0.2) is 65.4 Å². The lowest BCUT2D eigenvalue weighted by atomic mass is 9.91. The van der Waals surface area contributed by atoms with E-state index in [1.165, 1.54) is 12.8 Å². The minimum atomic E-state index is 0.127. The summed E-state index contributed by atoms with van der Waals surface area (Å²) in [4.78, 5) is 32.2. The molecule has 1 aromatic heterocycles. The van der Waals surface area contributed by atoms with E-state index >= 15 is 0 Å². The second-order valence-electron chi connectivity index (χ2n) is 8.02. The Balaban J connectivity index is 1.34. The SMILES string of the molecule is CCN1CCCC1CNC(=O)CCC1CCN(C(=O)c2cc[nH]c2C)CC1. The molecule has 2 fully saturated rings. The normalized spacial score (nSPS) is 21.6. The van der Waals surface area contributed by atoms with Crippen molar-refractivity contribution >= 4 is 11.8 Å². The topological polar surface area (TPSA) is 68.4 Å². The average molecular weight is 375 g/mol. The first-order valence-corrected chi connectivity index (χ1v) is 10.5. The Morgan fingerprint density at radius 2 is 2.00 bits per heavy atom. The molecule has 2 aliphatic heterocycles. The highest BCUT2D eigenvalue weighted by molar-refractivity contribution is 5.95. The molecule has 1 aromatic rings. The second-order valence-corrected chi connectivity index (χ2v) is 8.02. The van der Waals surface area contributed by atoms with Crippen LogP contribution in [0.15, 0.2) is 12.3 Å². The number of carbonyl (C=O) groups excluding carboxylic acids is 2. The molecule has 0 radical (unpaired) electrons. The predicted molar refractivity (Wildman–Crippen MR) is 107 cm³/mol. The van der Waals surface area contributed by atoms with Gasteiger partial charge < -0.3 is 15.2 Å². The van der Waals surface area contributed by atoms with Crippen molar-refractivity contribution in [2.75, 3.05) is 32.7 Å². The number of H-pyrrole nitrogens is 1. The van der Waals surface area contributed by atoms with Crippen LogP contribution >= 0.6 is 0 Å². The predicted octanol–water partition coefficient (Wildman–Crippen LogP) is 2.56. The molecule has 0 aromatic carbocycles. The molecule has 2 amide bonds. The number of piperidine rings is 1. The maximum absolute atomic E-state index is 12.6. The van der Waals surface area contributed by atoms with Gasteiger partial charge in [0, 0.05) is 44.0 Å². The fourth-order valence-electron chi connectivity index (χ4n) is 4.48. The van der Waals surface area contributed by atoms with Gasteiger partial charge in [-0.25, -0.2) is 0 Å². The number of hydrogen-bond acceptors (Lipinski definition) is 3. The smallest absolute Gasteiger partial charge is 0.255 e. The third-order valence-electron chi connectivity index (χ3n) is 6.31. The van der Waals surface area contributed by atoms with Crippen LogP contribution in [0.2, 0.25) is 0 Å². The Kier molecular flexibility index (Phi) is 6.94. The molecule has 0 spiro atoms. The van der Waals surface area contributed by atoms with Crippen LogP contribution in [0.25, 0.3) is 0 Å². The number of aromatic amines is 1. The van der Waals surface area contributed by atoms with Gasteiger partial charge in [0.1, 0.15) is 0 Å². The van der Waals surface area contributed by atoms with E-state index in [0.717, 1.165) is 63.2 Å². The molecule has 2 aliphatic rings. The van der Waals surface area contributed by atoms with Crippen molar-refractivity contribution in [3.05, 3.63) is 23.5 Å². The van der Waals surface area contributed by atoms with Crippen molar-refractivity contribution < 1.29 is 9.59 Å². The highest BCUT2D eigenvalue weighted by Gasteiger charge is 2.26. The van der Waals surface area contributed by atoms with Crippen molar-refractivity contribution in [1.29, 1.82) is 0 Å². The number of nitrogens with zero attached hydrogens (tertiary/aromatic N) is 2. The first-order chi connectivity index (χ1) is 13.1. The van der Waals surface area contributed by atoms with Gasteiger partial charge in [-0.3, -0.25) is 14.5 Å². The molecular formula is C21H34N4O2. The van der Waals surface area contributed by atoms with Gasteiger partial charge in [0.15, 0.2) is 0 Å². The lowest BCUT2D eigenvalue weighted by Crippen LogP contribution is -2.40. The van der Waals surface area contributed by atoms with Gasteiger partial charge in [-0.1, -0.05) is 6.92 Å². The summed E-state index contributed by atoms with van der Waals surface area (Å²) in [5, 5.41) is 3.13. The number of aryl methyl sites for hydroxylation is 1. The average Bonchev–Trinajstić information content (AvgIpc) is 3.32. The Morgan fingerprint density at radius 3 is 2.67 bits per heavy atom. The third-order valence-corrected chi connectivity index (χ3v) is 6.31. The molecule has 6 heteroatoms. The largest absolute Gasteiger partial charge is 0.365 e. The van der Waals surface area contributed by atoms with E-state index in [1.807, 2.05) is 24.1 Å². The first-order valence-electron chi connectivity index (χ1n) is 10.5. The van der Waals surface area contributed by atoms with E-state index in [9.17, 15) is 9.59 Å². The number of amides is 2. The summed E-state index contributed by atoms with van der Waals surface area (Å²) in [7, 11) is 0. The van der Waals surface area contributed by atoms with Crippen molar-refractivity contribution in [3.63, 3.8) is 0 Å². The summed E-state index contributed by atoms with van der Waals surface area (Å²) >= 11 is 0. The van der Waals surface area contributed by atoms with Gasteiger partial charge in [-0.05, 0) is 64.1 Å².